The normalized spacial score (nSPS) is 11.4. The van der Waals surface area contributed by atoms with E-state index in [0.717, 1.165) is 44.2 Å². The monoisotopic (exact) mass is 503 g/mol. The van der Waals surface area contributed by atoms with Crippen LogP contribution in [0.1, 0.15) is 5.56 Å². The number of rotatable bonds is 6. The van der Waals surface area contributed by atoms with E-state index in [-0.39, 0.29) is 0 Å². The van der Waals surface area contributed by atoms with E-state index in [1.165, 1.54) is 12.4 Å². The largest absolute Gasteiger partial charge is 0.404 e. The van der Waals surface area contributed by atoms with Gasteiger partial charge in [-0.2, -0.15) is 0 Å². The van der Waals surface area contributed by atoms with Crippen molar-refractivity contribution in [3.8, 4) is 45.3 Å². The average Bonchev–Trinajstić information content (AvgIpc) is 3.02. The molecule has 3 N–H and O–H groups in total. The number of hydrogen-bond acceptors (Lipinski definition) is 5. The van der Waals surface area contributed by atoms with Gasteiger partial charge in [-0.1, -0.05) is 121 Å². The van der Waals surface area contributed by atoms with Crippen LogP contribution >= 0.6 is 0 Å². The molecule has 1 heterocycles. The highest BCUT2D eigenvalue weighted by Gasteiger charge is 2.15. The molecule has 39 heavy (non-hydrogen) atoms. The molecule has 6 rings (SSSR count). The Balaban J connectivity index is 1.47. The predicted octanol–water partition coefficient (Wildman–Crippen LogP) is 7.64. The zero-order valence-electron chi connectivity index (χ0n) is 21.1. The van der Waals surface area contributed by atoms with Crippen molar-refractivity contribution in [2.45, 2.75) is 0 Å². The molecule has 0 unspecified atom stereocenters. The average molecular weight is 504 g/mol. The lowest BCUT2D eigenvalue weighted by molar-refractivity contribution is 1.07. The van der Waals surface area contributed by atoms with Gasteiger partial charge in [-0.05, 0) is 21.9 Å². The van der Waals surface area contributed by atoms with Gasteiger partial charge in [0.15, 0.2) is 17.5 Å². The van der Waals surface area contributed by atoms with E-state index in [4.69, 9.17) is 26.1 Å². The first-order valence-electron chi connectivity index (χ1n) is 12.7. The number of hydrogen-bond donors (Lipinski definition) is 2. The van der Waals surface area contributed by atoms with Crippen LogP contribution in [-0.2, 0) is 0 Å². The molecular weight excluding hydrogens is 478 g/mol. The van der Waals surface area contributed by atoms with Crippen LogP contribution in [0.2, 0.25) is 0 Å². The van der Waals surface area contributed by atoms with Gasteiger partial charge in [0.2, 0.25) is 0 Å². The van der Waals surface area contributed by atoms with Gasteiger partial charge in [0, 0.05) is 40.2 Å². The van der Waals surface area contributed by atoms with Crippen molar-refractivity contribution >= 4 is 22.6 Å². The van der Waals surface area contributed by atoms with Crippen LogP contribution < -0.4 is 5.73 Å². The number of aromatic nitrogens is 3. The van der Waals surface area contributed by atoms with E-state index in [9.17, 15) is 0 Å². The maximum atomic E-state index is 7.96. The molecule has 6 aromatic rings. The first-order valence-corrected chi connectivity index (χ1v) is 12.7. The standard InChI is InChI=1S/C34H25N5/c35-21-28(22-36)31-29-14-8-7-9-23(29)19-20-30(31)24-15-17-27(18-16-24)34-38-32(25-10-3-1-4-11-25)37-33(39-34)26-12-5-2-6-13-26/h1-22,35H,36H2/b28-22+,35-21?. The van der Waals surface area contributed by atoms with Crippen molar-refractivity contribution in [1.82, 2.24) is 15.0 Å². The minimum Gasteiger partial charge on any atom is -0.404 e. The van der Waals surface area contributed by atoms with E-state index in [2.05, 4.69) is 36.4 Å². The fourth-order valence-corrected chi connectivity index (χ4v) is 4.76. The zero-order valence-corrected chi connectivity index (χ0v) is 21.1. The highest BCUT2D eigenvalue weighted by molar-refractivity contribution is 6.16. The molecule has 0 radical (unpaired) electrons. The topological polar surface area (TPSA) is 88.5 Å². The highest BCUT2D eigenvalue weighted by Crippen LogP contribution is 2.35. The fourth-order valence-electron chi connectivity index (χ4n) is 4.76. The number of allylic oxidation sites excluding steroid dienone is 1. The first-order chi connectivity index (χ1) is 19.2. The maximum Gasteiger partial charge on any atom is 0.164 e. The third-order valence-electron chi connectivity index (χ3n) is 6.71. The SMILES string of the molecule is N=C/C(=C\N)c1c(-c2ccc(-c3nc(-c4ccccc4)nc(-c4ccccc4)n3)cc2)ccc2ccccc12. The summed E-state index contributed by atoms with van der Waals surface area (Å²) in [5.74, 6) is 1.86. The Morgan fingerprint density at radius 1 is 0.538 bits per heavy atom. The molecule has 0 atom stereocenters. The van der Waals surface area contributed by atoms with Crippen molar-refractivity contribution in [1.29, 1.82) is 5.41 Å². The van der Waals surface area contributed by atoms with Crippen molar-refractivity contribution < 1.29 is 0 Å². The molecular formula is C34H25N5. The van der Waals surface area contributed by atoms with Gasteiger partial charge < -0.3 is 11.1 Å². The number of nitrogens with zero attached hydrogens (tertiary/aromatic N) is 3. The van der Waals surface area contributed by atoms with E-state index < -0.39 is 0 Å². The second kappa shape index (κ2) is 10.5. The van der Waals surface area contributed by atoms with Crippen LogP contribution in [0.25, 0.3) is 61.6 Å². The van der Waals surface area contributed by atoms with Gasteiger partial charge in [0.05, 0.1) is 0 Å². The number of fused-ring (bicyclic) bond motifs is 1. The van der Waals surface area contributed by atoms with Crippen molar-refractivity contribution in [3.63, 3.8) is 0 Å². The van der Waals surface area contributed by atoms with Gasteiger partial charge in [0.25, 0.3) is 0 Å². The molecule has 0 fully saturated rings. The molecule has 0 saturated heterocycles. The van der Waals surface area contributed by atoms with E-state index in [1.807, 2.05) is 84.9 Å². The summed E-state index contributed by atoms with van der Waals surface area (Å²) in [6.07, 6.45) is 2.80. The van der Waals surface area contributed by atoms with Gasteiger partial charge in [0.1, 0.15) is 0 Å². The Kier molecular flexibility index (Phi) is 6.46. The lowest BCUT2D eigenvalue weighted by Gasteiger charge is -2.14. The number of nitrogens with two attached hydrogens (primary N) is 1. The maximum absolute atomic E-state index is 7.96. The molecule has 0 spiro atoms. The van der Waals surface area contributed by atoms with Crippen molar-refractivity contribution in [2.75, 3.05) is 0 Å². The second-order valence-corrected chi connectivity index (χ2v) is 9.09. The molecule has 0 bridgehead atoms. The van der Waals surface area contributed by atoms with Crippen LogP contribution in [0.3, 0.4) is 0 Å². The predicted molar refractivity (Wildman–Crippen MR) is 160 cm³/mol. The smallest absolute Gasteiger partial charge is 0.164 e. The molecule has 0 amide bonds. The molecule has 186 valence electrons. The zero-order chi connectivity index (χ0) is 26.6. The van der Waals surface area contributed by atoms with E-state index >= 15 is 0 Å². The third kappa shape index (κ3) is 4.69. The lowest BCUT2D eigenvalue weighted by atomic mass is 9.90. The Hall–Kier alpha value is -5.42. The summed E-state index contributed by atoms with van der Waals surface area (Å²) in [7, 11) is 0. The molecule has 0 aliphatic carbocycles. The Bertz CT molecular complexity index is 1750. The third-order valence-corrected chi connectivity index (χ3v) is 6.71. The summed E-state index contributed by atoms with van der Waals surface area (Å²) in [6.45, 7) is 0. The van der Waals surface area contributed by atoms with E-state index in [1.54, 1.807) is 0 Å². The van der Waals surface area contributed by atoms with Crippen LogP contribution in [0.5, 0.6) is 0 Å². The molecule has 0 aliphatic rings. The Morgan fingerprint density at radius 2 is 1.03 bits per heavy atom. The number of nitrogens with one attached hydrogen (secondary N) is 1. The Morgan fingerprint density at radius 3 is 1.56 bits per heavy atom. The molecule has 1 aromatic heterocycles. The summed E-state index contributed by atoms with van der Waals surface area (Å²) >= 11 is 0. The molecule has 0 aliphatic heterocycles. The van der Waals surface area contributed by atoms with Crippen molar-refractivity contribution in [2.24, 2.45) is 5.73 Å². The lowest BCUT2D eigenvalue weighted by Crippen LogP contribution is -2.00. The number of benzene rings is 5. The summed E-state index contributed by atoms with van der Waals surface area (Å²) in [5, 5.41) is 10.1. The van der Waals surface area contributed by atoms with Crippen LogP contribution in [0.15, 0.2) is 128 Å². The van der Waals surface area contributed by atoms with Gasteiger partial charge in [-0.25, -0.2) is 15.0 Å². The van der Waals surface area contributed by atoms with Gasteiger partial charge in [-0.3, -0.25) is 0 Å². The summed E-state index contributed by atoms with van der Waals surface area (Å²) < 4.78 is 0. The molecule has 0 saturated carbocycles. The molecule has 5 aromatic carbocycles. The summed E-state index contributed by atoms with van der Waals surface area (Å²) in [5.41, 5.74) is 12.3. The molecule has 5 heteroatoms. The second-order valence-electron chi connectivity index (χ2n) is 9.09. The minimum absolute atomic E-state index is 0.607. The van der Waals surface area contributed by atoms with Crippen LogP contribution in [0.4, 0.5) is 0 Å². The van der Waals surface area contributed by atoms with Gasteiger partial charge >= 0.3 is 0 Å². The Labute approximate surface area is 226 Å². The highest BCUT2D eigenvalue weighted by atomic mass is 15.0. The first kappa shape index (κ1) is 23.9. The van der Waals surface area contributed by atoms with Crippen LogP contribution in [0, 0.1) is 5.41 Å². The van der Waals surface area contributed by atoms with Crippen LogP contribution in [-0.4, -0.2) is 21.2 Å². The molecule has 5 nitrogen and oxygen atoms in total. The summed E-state index contributed by atoms with van der Waals surface area (Å²) in [4.78, 5) is 14.5. The van der Waals surface area contributed by atoms with E-state index in [0.29, 0.717) is 23.0 Å². The van der Waals surface area contributed by atoms with Crippen molar-refractivity contribution in [3.05, 3.63) is 133 Å². The van der Waals surface area contributed by atoms with Gasteiger partial charge in [-0.15, -0.1) is 0 Å². The summed E-state index contributed by atoms with van der Waals surface area (Å²) in [6, 6.07) is 40.4. The quantitative estimate of drug-likeness (QED) is 0.229. The minimum atomic E-state index is 0.607. The fraction of sp³-hybridized carbons (Fsp3) is 0.